The molecule has 4 aromatic rings. The van der Waals surface area contributed by atoms with Gasteiger partial charge < -0.3 is 24.8 Å². The monoisotopic (exact) mass is 918 g/mol. The van der Waals surface area contributed by atoms with Gasteiger partial charge in [0.05, 0.1) is 13.1 Å². The zero-order valence-corrected chi connectivity index (χ0v) is 41.2. The number of amides is 2. The van der Waals surface area contributed by atoms with Gasteiger partial charge in [-0.05, 0) is 35.1 Å². The molecule has 2 amide bonds. The largest absolute Gasteiger partial charge is 1.00 e. The van der Waals surface area contributed by atoms with Crippen LogP contribution < -0.4 is 61.8 Å². The summed E-state index contributed by atoms with van der Waals surface area (Å²) >= 11 is 3.25. The summed E-state index contributed by atoms with van der Waals surface area (Å²) < 4.78 is 10.9. The average Bonchev–Trinajstić information content (AvgIpc) is 3.75. The molecule has 0 bridgehead atoms. The van der Waals surface area contributed by atoms with Gasteiger partial charge in [0.2, 0.25) is 0 Å². The molecule has 2 heterocycles. The Labute approximate surface area is 413 Å². The van der Waals surface area contributed by atoms with Gasteiger partial charge in [0.25, 0.3) is 0 Å². The first-order chi connectivity index (χ1) is 26.9. The van der Waals surface area contributed by atoms with Crippen LogP contribution in [0.3, 0.4) is 0 Å². The maximum Gasteiger partial charge on any atom is 1.00 e. The Bertz CT molecular complexity index is 1550. The molecule has 12 heteroatoms. The van der Waals surface area contributed by atoms with Crippen LogP contribution in [-0.4, -0.2) is 82.7 Å². The van der Waals surface area contributed by atoms with Crippen molar-refractivity contribution in [1.29, 1.82) is 0 Å². The number of carbonyl (C=O) groups is 2. The molecular formula is C47H68BrKN4O5S. The second-order valence-electron chi connectivity index (χ2n) is 14.9. The van der Waals surface area contributed by atoms with Gasteiger partial charge in [0.15, 0.2) is 0 Å². The van der Waals surface area contributed by atoms with Crippen molar-refractivity contribution in [3.8, 4) is 0 Å². The second-order valence-corrected chi connectivity index (χ2v) is 15.7. The summed E-state index contributed by atoms with van der Waals surface area (Å²) in [5.74, 6) is 0. The fraction of sp³-hybridized carbons (Fsp3) is 0.447. The molecule has 0 spiro atoms. The van der Waals surface area contributed by atoms with Gasteiger partial charge in [-0.3, -0.25) is 9.80 Å². The van der Waals surface area contributed by atoms with Crippen LogP contribution in [0.25, 0.3) is 0 Å². The summed E-state index contributed by atoms with van der Waals surface area (Å²) in [6.07, 6.45) is 1.56. The van der Waals surface area contributed by atoms with E-state index in [0.29, 0.717) is 13.1 Å². The van der Waals surface area contributed by atoms with Crippen LogP contribution in [0.1, 0.15) is 77.1 Å². The van der Waals surface area contributed by atoms with Crippen LogP contribution >= 0.6 is 29.4 Å². The number of hydrogen-bond donors (Lipinski definition) is 1. The van der Waals surface area contributed by atoms with Crippen LogP contribution in [0, 0.1) is 0 Å². The summed E-state index contributed by atoms with van der Waals surface area (Å²) in [6, 6.07) is 41.6. The molecule has 0 radical (unpaired) electrons. The third kappa shape index (κ3) is 26.0. The summed E-state index contributed by atoms with van der Waals surface area (Å²) in [4.78, 5) is 29.6. The molecular weight excluding hydrogens is 852 g/mol. The van der Waals surface area contributed by atoms with Crippen LogP contribution in [0.2, 0.25) is 0 Å². The Morgan fingerprint density at radius 2 is 1.02 bits per heavy atom. The molecule has 59 heavy (non-hydrogen) atoms. The van der Waals surface area contributed by atoms with E-state index in [-0.39, 0.29) is 96.7 Å². The Hall–Kier alpha value is -2.23. The topological polar surface area (TPSA) is 97.4 Å². The number of cyclic esters (lactones) is 2. The summed E-state index contributed by atoms with van der Waals surface area (Å²) in [5.41, 5.74) is 4.31. The molecule has 2 atom stereocenters. The number of nitrogens with one attached hydrogen (secondary N) is 1. The molecule has 1 N–H and O–H groups in total. The number of carbonyl (C=O) groups excluding carboxylic acids is 2. The molecule has 0 unspecified atom stereocenters. The fourth-order valence-electron chi connectivity index (χ4n) is 5.97. The number of benzene rings is 4. The molecule has 0 saturated carbocycles. The normalized spacial score (nSPS) is 15.2. The van der Waals surface area contributed by atoms with E-state index in [2.05, 4.69) is 118 Å². The van der Waals surface area contributed by atoms with E-state index in [1.165, 1.54) is 28.7 Å². The van der Waals surface area contributed by atoms with Crippen LogP contribution in [0.4, 0.5) is 9.59 Å². The third-order valence-electron chi connectivity index (χ3n) is 8.30. The first-order valence-electron chi connectivity index (χ1n) is 19.7. The van der Waals surface area contributed by atoms with Crippen molar-refractivity contribution in [1.82, 2.24) is 20.0 Å². The average molecular weight is 920 g/mol. The Balaban J connectivity index is 0.000000911. The van der Waals surface area contributed by atoms with Crippen molar-refractivity contribution >= 4 is 41.6 Å². The molecule has 9 nitrogen and oxygen atoms in total. The maximum absolute atomic E-state index is 12.0. The molecule has 2 fully saturated rings. The second kappa shape index (κ2) is 32.5. The fourth-order valence-corrected chi connectivity index (χ4v) is 5.97. The van der Waals surface area contributed by atoms with Crippen molar-refractivity contribution < 1.29 is 75.6 Å². The number of ether oxygens (including phenoxy) is 2. The number of halogens is 1. The van der Waals surface area contributed by atoms with Gasteiger partial charge in [0.1, 0.15) is 12.2 Å². The summed E-state index contributed by atoms with van der Waals surface area (Å²) in [7, 11) is 0. The van der Waals surface area contributed by atoms with E-state index in [1.807, 2.05) is 53.4 Å². The minimum absolute atomic E-state index is 0. The third-order valence-corrected chi connectivity index (χ3v) is 9.09. The van der Waals surface area contributed by atoms with E-state index in [4.69, 9.17) is 9.47 Å². The van der Waals surface area contributed by atoms with E-state index in [1.54, 1.807) is 20.8 Å². The summed E-state index contributed by atoms with van der Waals surface area (Å²) in [5, 5.41) is 14.0. The molecule has 2 aliphatic rings. The molecule has 2 saturated heterocycles. The predicted molar refractivity (Wildman–Crippen MR) is 245 cm³/mol. The van der Waals surface area contributed by atoms with E-state index < -0.39 is 5.60 Å². The number of alkyl carbamates (subject to hydrolysis) is 1. The Morgan fingerprint density at radius 3 is 1.31 bits per heavy atom. The van der Waals surface area contributed by atoms with Crippen molar-refractivity contribution in [2.75, 3.05) is 38.1 Å². The molecule has 4 aromatic carbocycles. The minimum atomic E-state index is -0.750. The molecule has 6 rings (SSSR count). The number of alkyl halides is 1. The van der Waals surface area contributed by atoms with E-state index in [0.717, 1.165) is 57.6 Å². The molecule has 320 valence electrons. The van der Waals surface area contributed by atoms with Crippen molar-refractivity contribution in [2.45, 2.75) is 98.9 Å². The van der Waals surface area contributed by atoms with E-state index >= 15 is 0 Å². The summed E-state index contributed by atoms with van der Waals surface area (Å²) in [6.45, 7) is 16.0. The van der Waals surface area contributed by atoms with Crippen LogP contribution in [0.5, 0.6) is 0 Å². The van der Waals surface area contributed by atoms with Crippen molar-refractivity contribution in [3.05, 3.63) is 144 Å². The first-order valence-corrected chi connectivity index (χ1v) is 20.8. The SMILES string of the molecule is C.CC(C)(C)[O-].CCCBr.CCCN1C[C@@H](CN(Cc2ccccc2)Cc2ccccc2)OC1=O.O=C1NC[C@@H](CN(Cc2ccccc2)Cc2ccccc2)O1.S.[K+]. The van der Waals surface area contributed by atoms with Gasteiger partial charge in [-0.15, -0.1) is 5.60 Å². The zero-order valence-electron chi connectivity index (χ0n) is 35.4. The first kappa shape index (κ1) is 56.8. The Morgan fingerprint density at radius 1 is 0.678 bits per heavy atom. The predicted octanol–water partition coefficient (Wildman–Crippen LogP) is 6.41. The van der Waals surface area contributed by atoms with Gasteiger partial charge in [-0.2, -0.15) is 13.5 Å². The molecule has 0 aromatic heterocycles. The zero-order chi connectivity index (χ0) is 40.6. The quantitative estimate of drug-likeness (QED) is 0.109. The standard InChI is InChI=1S/C21H26N2O2.C18H20N2O2.C4H9O.C3H7Br.CH4.K.H2S/c1-2-13-23-17-20(25-21(23)24)16-22(14-18-9-5-3-6-10-18)15-19-11-7-4-8-12-19;21-18-19-11-17(22-18)14-20(12-15-7-3-1-4-8-15)13-16-9-5-2-6-10-16;1-4(2,3)5;1-2-3-4;;;/h3-12,20H,2,13-17H2,1H3;1-10,17H,11-14H2,(H,19,21);1-3H3;2-3H2,1H3;1H4;;1H2/q;;-1;;;+1;/t20-;17-;;;;;/m10...../s1. The van der Waals surface area contributed by atoms with Crippen molar-refractivity contribution in [3.63, 3.8) is 0 Å². The number of nitrogens with zero attached hydrogens (tertiary/aromatic N) is 3. The molecule has 0 aliphatic carbocycles. The number of rotatable bonds is 15. The minimum Gasteiger partial charge on any atom is -0.850 e. The number of hydrogen-bond acceptors (Lipinski definition) is 7. The van der Waals surface area contributed by atoms with Crippen molar-refractivity contribution in [2.24, 2.45) is 0 Å². The van der Waals surface area contributed by atoms with Gasteiger partial charge in [0, 0.05) is 51.1 Å². The van der Waals surface area contributed by atoms with E-state index in [9.17, 15) is 14.7 Å². The maximum atomic E-state index is 12.0. The van der Waals surface area contributed by atoms with Crippen LogP contribution in [0.15, 0.2) is 121 Å². The Kier molecular flexibility index (Phi) is 31.2. The smallest absolute Gasteiger partial charge is 0.850 e. The van der Waals surface area contributed by atoms with Gasteiger partial charge in [-0.1, -0.05) is 179 Å². The molecule has 2 aliphatic heterocycles. The van der Waals surface area contributed by atoms with Gasteiger partial charge >= 0.3 is 63.6 Å². The van der Waals surface area contributed by atoms with Crippen LogP contribution in [-0.2, 0) is 35.7 Å². The van der Waals surface area contributed by atoms with Gasteiger partial charge in [-0.25, -0.2) is 9.59 Å².